The zero-order valence-electron chi connectivity index (χ0n) is 25.7. The third-order valence-corrected chi connectivity index (χ3v) is 7.44. The molecule has 0 N–H and O–H groups in total. The number of aryl methyl sites for hydroxylation is 4. The minimum absolute atomic E-state index is 0.904. The zero-order valence-corrected chi connectivity index (χ0v) is 27.5. The summed E-state index contributed by atoms with van der Waals surface area (Å²) in [6, 6.07) is 4.72. The number of nitrogens with zero attached hydrogens (tertiary/aromatic N) is 4. The van der Waals surface area contributed by atoms with Crippen molar-refractivity contribution in [1.29, 1.82) is 0 Å². The van der Waals surface area contributed by atoms with Gasteiger partial charge >= 0.3 is 66.0 Å². The summed E-state index contributed by atoms with van der Waals surface area (Å²) < 4.78 is 128. The molecule has 1 aliphatic heterocycles. The van der Waals surface area contributed by atoms with Gasteiger partial charge < -0.3 is 0 Å². The average Bonchev–Trinajstić information content (AvgIpc) is 3.44. The van der Waals surface area contributed by atoms with E-state index in [1.54, 1.807) is 0 Å². The number of benzene rings is 2. The van der Waals surface area contributed by atoms with Gasteiger partial charge in [-0.25, -0.2) is 18.3 Å². The van der Waals surface area contributed by atoms with Gasteiger partial charge in [-0.15, -0.1) is 0 Å². The molecule has 2 aromatic heterocycles. The Morgan fingerprint density at radius 2 is 0.739 bits per heavy atom. The summed E-state index contributed by atoms with van der Waals surface area (Å²) >= 11 is 0. The van der Waals surface area contributed by atoms with Crippen molar-refractivity contribution in [3.63, 3.8) is 0 Å². The fourth-order valence-electron chi connectivity index (χ4n) is 5.50. The fraction of sp³-hybridized carbons (Fsp3) is 0.357. The predicted molar refractivity (Wildman–Crippen MR) is 154 cm³/mol. The molecule has 0 amide bonds. The Hall–Kier alpha value is -3.12. The van der Waals surface area contributed by atoms with Crippen LogP contribution in [0.3, 0.4) is 0 Å². The summed E-state index contributed by atoms with van der Waals surface area (Å²) in [7, 11) is -21.3. The average molecular weight is 717 g/mol. The van der Waals surface area contributed by atoms with Gasteiger partial charge in [0.1, 0.15) is 51.0 Å². The van der Waals surface area contributed by atoms with Crippen LogP contribution < -0.4 is 9.13 Å². The Morgan fingerprint density at radius 3 is 1.04 bits per heavy atom. The Labute approximate surface area is 257 Å². The first-order chi connectivity index (χ1) is 20.2. The van der Waals surface area contributed by atoms with E-state index < -0.39 is 15.6 Å². The van der Waals surface area contributed by atoms with Crippen LogP contribution in [0.15, 0.2) is 49.6 Å². The number of halogens is 12. The fourth-order valence-corrected chi connectivity index (χ4v) is 5.50. The van der Waals surface area contributed by atoms with E-state index in [0.717, 1.165) is 26.2 Å². The van der Waals surface area contributed by atoms with Gasteiger partial charge in [-0.3, -0.25) is 0 Å². The quantitative estimate of drug-likeness (QED) is 0.0863. The van der Waals surface area contributed by atoms with Crippen LogP contribution in [-0.2, 0) is 26.2 Å². The van der Waals surface area contributed by atoms with Crippen molar-refractivity contribution in [2.24, 2.45) is 0 Å². The summed E-state index contributed by atoms with van der Waals surface area (Å²) in [4.78, 5) is 0. The number of hydrogen-bond donors (Lipinski definition) is 0. The van der Waals surface area contributed by atoms with Gasteiger partial charge in [0.2, 0.25) is 12.7 Å². The zero-order chi connectivity index (χ0) is 35.4. The first kappa shape index (κ1) is 37.3. The summed E-state index contributed by atoms with van der Waals surface area (Å²) in [5, 5.41) is 0. The molecular formula is C28H34F12N4P2. The van der Waals surface area contributed by atoms with Gasteiger partial charge in [-0.05, 0) is 97.2 Å². The van der Waals surface area contributed by atoms with Crippen molar-refractivity contribution in [3.8, 4) is 0 Å². The van der Waals surface area contributed by atoms with Crippen LogP contribution >= 0.6 is 15.6 Å². The van der Waals surface area contributed by atoms with E-state index in [0.29, 0.717) is 0 Å². The molecule has 2 aromatic carbocycles. The number of rotatable bonds is 0. The molecule has 0 unspecified atom stereocenters. The van der Waals surface area contributed by atoms with Crippen molar-refractivity contribution in [1.82, 2.24) is 9.13 Å². The van der Waals surface area contributed by atoms with Crippen molar-refractivity contribution >= 4 is 15.6 Å². The molecule has 0 atom stereocenters. The number of imidazole rings is 2. The molecule has 46 heavy (non-hydrogen) atoms. The van der Waals surface area contributed by atoms with Gasteiger partial charge in [-0.1, -0.05) is 12.1 Å². The van der Waals surface area contributed by atoms with Crippen LogP contribution in [0.1, 0.15) is 55.6 Å². The Kier molecular flexibility index (Phi) is 8.68. The molecule has 0 spiro atoms. The molecular weight excluding hydrogens is 682 g/mol. The van der Waals surface area contributed by atoms with Crippen molar-refractivity contribution < 1.29 is 59.5 Å². The predicted octanol–water partition coefficient (Wildman–Crippen LogP) is 11.0. The van der Waals surface area contributed by atoms with E-state index in [9.17, 15) is 50.4 Å². The van der Waals surface area contributed by atoms with Gasteiger partial charge in [0, 0.05) is 0 Å². The molecule has 0 radical (unpaired) electrons. The normalized spacial score (nSPS) is 16.4. The van der Waals surface area contributed by atoms with Crippen LogP contribution in [0.2, 0.25) is 0 Å². The maximum absolute atomic E-state index is 10.7. The summed E-state index contributed by atoms with van der Waals surface area (Å²) in [6.45, 7) is 17.2. The maximum atomic E-state index is 9.87. The first-order valence-corrected chi connectivity index (χ1v) is 17.7. The third kappa shape index (κ3) is 12.9. The first-order valence-electron chi connectivity index (χ1n) is 13.6. The van der Waals surface area contributed by atoms with Gasteiger partial charge in [-0.2, -0.15) is 0 Å². The summed E-state index contributed by atoms with van der Waals surface area (Å²) in [5.74, 6) is 0. The Balaban J connectivity index is 0.000000345. The van der Waals surface area contributed by atoms with E-state index in [1.165, 1.54) is 55.6 Å². The number of fused-ring (bicyclic) bond motifs is 8. The molecule has 3 heterocycles. The molecule has 8 bridgehead atoms. The topological polar surface area (TPSA) is 17.6 Å². The Morgan fingerprint density at radius 1 is 0.478 bits per heavy atom. The van der Waals surface area contributed by atoms with E-state index >= 15 is 0 Å². The molecule has 0 saturated carbocycles. The van der Waals surface area contributed by atoms with Crippen molar-refractivity contribution in [3.05, 3.63) is 105 Å². The van der Waals surface area contributed by atoms with Gasteiger partial charge in [0.05, 0.1) is 0 Å². The third-order valence-electron chi connectivity index (χ3n) is 7.44. The second-order valence-corrected chi connectivity index (χ2v) is 15.5. The SMILES string of the molecule is Cc1cc(C)c2c(C)c1Cn1cc[n+](c1)Cc1c(C)cc(C)c(c1C)C[n+]1ccn(c1)C2.F[P-](F)(F)(F)(F)F.F[P-](F)(F)(F)(F)F. The molecule has 1 aliphatic rings. The number of hydrogen-bond acceptors (Lipinski definition) is 0. The van der Waals surface area contributed by atoms with E-state index in [2.05, 4.69) is 109 Å². The second kappa shape index (κ2) is 10.7. The standard InChI is InChI=1S/C28H34N4.2F6P/c1-19-11-20(2)26-14-30-9-10-32(18-30)16-28-22(4)12-21(3)27(24(28)6)15-31-8-7-29(17-31)13-25(19)23(26)5;2*1-7(2,3,4,5)6/h7-12,17-18H,13-16H2,1-6H3;;/q+2;2*-1. The summed E-state index contributed by atoms with van der Waals surface area (Å²) in [5.41, 5.74) is 14.1. The van der Waals surface area contributed by atoms with Crippen LogP contribution in [0.5, 0.6) is 0 Å². The molecule has 260 valence electrons. The van der Waals surface area contributed by atoms with E-state index in [1.807, 2.05) is 0 Å². The molecule has 0 saturated heterocycles. The monoisotopic (exact) mass is 716 g/mol. The van der Waals surface area contributed by atoms with Crippen LogP contribution in [0, 0.1) is 41.5 Å². The Bertz CT molecular complexity index is 1540. The van der Waals surface area contributed by atoms with Crippen molar-refractivity contribution in [2.75, 3.05) is 0 Å². The minimum atomic E-state index is -10.7. The molecule has 0 aliphatic carbocycles. The molecule has 0 fully saturated rings. The number of aromatic nitrogens is 4. The molecule has 18 heteroatoms. The van der Waals surface area contributed by atoms with E-state index in [-0.39, 0.29) is 0 Å². The second-order valence-electron chi connectivity index (χ2n) is 11.6. The van der Waals surface area contributed by atoms with Crippen LogP contribution in [0.25, 0.3) is 0 Å². The molecule has 5 rings (SSSR count). The van der Waals surface area contributed by atoms with E-state index in [4.69, 9.17) is 0 Å². The van der Waals surface area contributed by atoms with Gasteiger partial charge in [0.15, 0.2) is 0 Å². The van der Waals surface area contributed by atoms with Crippen molar-refractivity contribution in [2.45, 2.75) is 67.7 Å². The van der Waals surface area contributed by atoms with Crippen LogP contribution in [0.4, 0.5) is 50.4 Å². The molecule has 4 aromatic rings. The molecule has 4 nitrogen and oxygen atoms in total. The summed E-state index contributed by atoms with van der Waals surface area (Å²) in [6.07, 6.45) is 13.4. The van der Waals surface area contributed by atoms with Crippen LogP contribution in [-0.4, -0.2) is 9.13 Å². The van der Waals surface area contributed by atoms with Gasteiger partial charge in [0.25, 0.3) is 0 Å².